The van der Waals surface area contributed by atoms with Gasteiger partial charge in [-0.2, -0.15) is 0 Å². The van der Waals surface area contributed by atoms with Crippen molar-refractivity contribution in [1.82, 2.24) is 10.3 Å². The fraction of sp³-hybridized carbons (Fsp3) is 0.286. The van der Waals surface area contributed by atoms with Gasteiger partial charge in [-0.15, -0.1) is 0 Å². The number of carbonyl (C=O) groups is 1. The molecule has 0 aliphatic carbocycles. The normalized spacial score (nSPS) is 14.7. The molecule has 0 atom stereocenters. The van der Waals surface area contributed by atoms with Gasteiger partial charge in [0.1, 0.15) is 5.69 Å². The number of aliphatic imine (C=N–C) groups is 1. The minimum atomic E-state index is -0.112. The Morgan fingerprint density at radius 3 is 3.00 bits per heavy atom. The monoisotopic (exact) mass is 273 g/mol. The lowest BCUT2D eigenvalue weighted by Gasteiger charge is -2.02. The minimum Gasteiger partial charge on any atom is -0.350 e. The van der Waals surface area contributed by atoms with E-state index in [0.29, 0.717) is 5.69 Å². The number of nitrogens with zero attached hydrogens (tertiary/aromatic N) is 1. The van der Waals surface area contributed by atoms with Crippen molar-refractivity contribution in [2.45, 2.75) is 13.8 Å². The fourth-order valence-electron chi connectivity index (χ4n) is 2.24. The zero-order valence-electron chi connectivity index (χ0n) is 10.9. The van der Waals surface area contributed by atoms with Crippen molar-refractivity contribution >= 4 is 33.7 Å². The molecule has 0 fully saturated rings. The fourth-order valence-corrected chi connectivity index (χ4v) is 2.96. The standard InChI is InChI=1S/C14H15N3OS/c1-8-3-4-11-10(7-8)9(2)12(16-11)13(18)17-14-15-5-6-19-14/h3-4,7,16H,5-6H2,1-2H3,(H,15,17,18). The van der Waals surface area contributed by atoms with Crippen molar-refractivity contribution in [2.75, 3.05) is 12.3 Å². The summed E-state index contributed by atoms with van der Waals surface area (Å²) in [5, 5.41) is 4.68. The van der Waals surface area contributed by atoms with Gasteiger partial charge in [0.25, 0.3) is 5.91 Å². The predicted molar refractivity (Wildman–Crippen MR) is 80.0 cm³/mol. The Morgan fingerprint density at radius 1 is 1.42 bits per heavy atom. The number of fused-ring (bicyclic) bond motifs is 1. The van der Waals surface area contributed by atoms with E-state index >= 15 is 0 Å². The molecule has 4 nitrogen and oxygen atoms in total. The summed E-state index contributed by atoms with van der Waals surface area (Å²) in [6.45, 7) is 4.80. The van der Waals surface area contributed by atoms with Crippen molar-refractivity contribution in [2.24, 2.45) is 4.99 Å². The highest BCUT2D eigenvalue weighted by molar-refractivity contribution is 8.14. The number of rotatable bonds is 1. The van der Waals surface area contributed by atoms with Gasteiger partial charge in [-0.1, -0.05) is 23.4 Å². The van der Waals surface area contributed by atoms with Crippen LogP contribution in [0.15, 0.2) is 23.2 Å². The van der Waals surface area contributed by atoms with E-state index < -0.39 is 0 Å². The van der Waals surface area contributed by atoms with Crippen LogP contribution in [0.5, 0.6) is 0 Å². The van der Waals surface area contributed by atoms with E-state index in [-0.39, 0.29) is 5.91 Å². The van der Waals surface area contributed by atoms with Crippen LogP contribution in [0.3, 0.4) is 0 Å². The first-order valence-corrected chi connectivity index (χ1v) is 7.21. The summed E-state index contributed by atoms with van der Waals surface area (Å²) in [6, 6.07) is 6.15. The summed E-state index contributed by atoms with van der Waals surface area (Å²) in [6.07, 6.45) is 0. The van der Waals surface area contributed by atoms with Gasteiger partial charge < -0.3 is 10.3 Å². The van der Waals surface area contributed by atoms with Crippen LogP contribution in [0.1, 0.15) is 21.6 Å². The Bertz CT molecular complexity index is 687. The Morgan fingerprint density at radius 2 is 2.26 bits per heavy atom. The molecule has 1 aromatic heterocycles. The van der Waals surface area contributed by atoms with Gasteiger partial charge in [-0.3, -0.25) is 9.79 Å². The van der Waals surface area contributed by atoms with Gasteiger partial charge in [0.05, 0.1) is 6.54 Å². The lowest BCUT2D eigenvalue weighted by atomic mass is 10.1. The van der Waals surface area contributed by atoms with Gasteiger partial charge in [0.15, 0.2) is 5.17 Å². The first-order valence-electron chi connectivity index (χ1n) is 6.22. The zero-order chi connectivity index (χ0) is 13.4. The Kier molecular flexibility index (Phi) is 3.06. The molecule has 19 heavy (non-hydrogen) atoms. The molecule has 1 amide bonds. The number of amidine groups is 1. The van der Waals surface area contributed by atoms with E-state index in [1.807, 2.05) is 19.1 Å². The third kappa shape index (κ3) is 2.26. The number of nitrogens with one attached hydrogen (secondary N) is 2. The zero-order valence-corrected chi connectivity index (χ0v) is 11.7. The van der Waals surface area contributed by atoms with E-state index in [9.17, 15) is 4.79 Å². The molecule has 5 heteroatoms. The van der Waals surface area contributed by atoms with Gasteiger partial charge in [0.2, 0.25) is 0 Å². The van der Waals surface area contributed by atoms with Crippen LogP contribution in [0.4, 0.5) is 0 Å². The maximum atomic E-state index is 12.2. The lowest BCUT2D eigenvalue weighted by molar-refractivity contribution is 0.0973. The van der Waals surface area contributed by atoms with Gasteiger partial charge >= 0.3 is 0 Å². The van der Waals surface area contributed by atoms with Crippen molar-refractivity contribution in [1.29, 1.82) is 0 Å². The number of carbonyl (C=O) groups excluding carboxylic acids is 1. The number of hydrogen-bond donors (Lipinski definition) is 2. The van der Waals surface area contributed by atoms with Crippen LogP contribution < -0.4 is 5.32 Å². The average molecular weight is 273 g/mol. The van der Waals surface area contributed by atoms with Gasteiger partial charge in [0, 0.05) is 16.7 Å². The first-order chi connectivity index (χ1) is 9.15. The number of thioether (sulfide) groups is 1. The Hall–Kier alpha value is -1.75. The van der Waals surface area contributed by atoms with Gasteiger partial charge in [-0.05, 0) is 31.5 Å². The molecule has 0 spiro atoms. The lowest BCUT2D eigenvalue weighted by Crippen LogP contribution is -2.28. The Balaban J connectivity index is 1.95. The molecule has 1 aliphatic heterocycles. The topological polar surface area (TPSA) is 57.2 Å². The number of benzene rings is 1. The SMILES string of the molecule is Cc1ccc2[nH]c(C(=O)NC3=NCCS3)c(C)c2c1. The van der Waals surface area contributed by atoms with Crippen LogP contribution in [-0.2, 0) is 0 Å². The Labute approximate surface area is 115 Å². The molecule has 0 unspecified atom stereocenters. The second-order valence-electron chi connectivity index (χ2n) is 4.66. The third-order valence-electron chi connectivity index (χ3n) is 3.25. The predicted octanol–water partition coefficient (Wildman–Crippen LogP) is 2.62. The summed E-state index contributed by atoms with van der Waals surface area (Å²) in [5.74, 6) is 0.833. The van der Waals surface area contributed by atoms with Crippen molar-refractivity contribution in [3.8, 4) is 0 Å². The van der Waals surface area contributed by atoms with E-state index in [4.69, 9.17) is 0 Å². The van der Waals surface area contributed by atoms with E-state index in [1.165, 1.54) is 5.56 Å². The van der Waals surface area contributed by atoms with Crippen LogP contribution in [0, 0.1) is 13.8 Å². The largest absolute Gasteiger partial charge is 0.350 e. The molecular weight excluding hydrogens is 258 g/mol. The summed E-state index contributed by atoms with van der Waals surface area (Å²) >= 11 is 1.58. The molecule has 2 aromatic rings. The maximum absolute atomic E-state index is 12.2. The van der Waals surface area contributed by atoms with Crippen molar-refractivity contribution < 1.29 is 4.79 Å². The molecule has 98 valence electrons. The number of H-pyrrole nitrogens is 1. The molecule has 1 aliphatic rings. The molecule has 0 radical (unpaired) electrons. The number of aromatic amines is 1. The average Bonchev–Trinajstić information content (AvgIpc) is 2.98. The molecule has 0 saturated heterocycles. The molecule has 1 aromatic carbocycles. The highest BCUT2D eigenvalue weighted by atomic mass is 32.2. The van der Waals surface area contributed by atoms with Crippen LogP contribution in [0.2, 0.25) is 0 Å². The second-order valence-corrected chi connectivity index (χ2v) is 5.75. The summed E-state index contributed by atoms with van der Waals surface area (Å²) in [7, 11) is 0. The second kappa shape index (κ2) is 4.74. The first kappa shape index (κ1) is 12.3. The van der Waals surface area contributed by atoms with Crippen molar-refractivity contribution in [3.63, 3.8) is 0 Å². The minimum absolute atomic E-state index is 0.112. The summed E-state index contributed by atoms with van der Waals surface area (Å²) in [4.78, 5) is 19.7. The highest BCUT2D eigenvalue weighted by Gasteiger charge is 2.17. The maximum Gasteiger partial charge on any atom is 0.273 e. The smallest absolute Gasteiger partial charge is 0.273 e. The van der Waals surface area contributed by atoms with E-state index in [1.54, 1.807) is 11.8 Å². The van der Waals surface area contributed by atoms with E-state index in [0.717, 1.165) is 33.9 Å². The van der Waals surface area contributed by atoms with Crippen LogP contribution in [-0.4, -0.2) is 28.4 Å². The highest BCUT2D eigenvalue weighted by Crippen LogP contribution is 2.23. The molecular formula is C14H15N3OS. The van der Waals surface area contributed by atoms with Crippen LogP contribution in [0.25, 0.3) is 10.9 Å². The molecule has 0 bridgehead atoms. The van der Waals surface area contributed by atoms with Crippen molar-refractivity contribution in [3.05, 3.63) is 35.0 Å². The van der Waals surface area contributed by atoms with E-state index in [2.05, 4.69) is 28.3 Å². The number of aromatic nitrogens is 1. The molecule has 2 N–H and O–H groups in total. The molecule has 2 heterocycles. The van der Waals surface area contributed by atoms with Gasteiger partial charge in [-0.25, -0.2) is 0 Å². The quantitative estimate of drug-likeness (QED) is 0.839. The summed E-state index contributed by atoms with van der Waals surface area (Å²) < 4.78 is 0. The summed E-state index contributed by atoms with van der Waals surface area (Å²) in [5.41, 5.74) is 3.79. The third-order valence-corrected chi connectivity index (χ3v) is 4.14. The molecule has 0 saturated carbocycles. The number of amides is 1. The number of aryl methyl sites for hydroxylation is 2. The van der Waals surface area contributed by atoms with Crippen LogP contribution >= 0.6 is 11.8 Å². The molecule has 3 rings (SSSR count). The number of hydrogen-bond acceptors (Lipinski definition) is 3.